The van der Waals surface area contributed by atoms with Crippen LogP contribution in [0.3, 0.4) is 0 Å². The van der Waals surface area contributed by atoms with Crippen molar-refractivity contribution in [2.24, 2.45) is 0 Å². The Kier molecular flexibility index (Phi) is 5.07. The Bertz CT molecular complexity index is 838. The molecule has 4 rings (SSSR count). The average molecular weight is 365 g/mol. The first-order chi connectivity index (χ1) is 13.2. The van der Waals surface area contributed by atoms with Gasteiger partial charge < -0.3 is 15.4 Å². The van der Waals surface area contributed by atoms with Crippen LogP contribution in [0.5, 0.6) is 5.75 Å². The van der Waals surface area contributed by atoms with Gasteiger partial charge in [-0.05, 0) is 43.1 Å². The molecule has 0 spiro atoms. The maximum absolute atomic E-state index is 12.7. The zero-order valence-corrected chi connectivity index (χ0v) is 15.1. The van der Waals surface area contributed by atoms with Crippen LogP contribution in [0.15, 0.2) is 48.5 Å². The summed E-state index contributed by atoms with van der Waals surface area (Å²) in [7, 11) is 0. The standard InChI is InChI=1S/C21H23N3O3/c25-20-14-27-19-11-16(8-9-18(19)23-20)21(26)22-17-7-4-10-24(13-17)12-15-5-2-1-3-6-15/h1-3,5-6,8-9,11,17H,4,7,10,12-14H2,(H,22,26)(H,23,25). The zero-order chi connectivity index (χ0) is 18.6. The highest BCUT2D eigenvalue weighted by Crippen LogP contribution is 2.28. The summed E-state index contributed by atoms with van der Waals surface area (Å²) in [6.07, 6.45) is 2.05. The quantitative estimate of drug-likeness (QED) is 0.873. The average Bonchev–Trinajstić information content (AvgIpc) is 2.68. The summed E-state index contributed by atoms with van der Waals surface area (Å²) in [5, 5.41) is 5.88. The van der Waals surface area contributed by atoms with E-state index in [0.717, 1.165) is 32.5 Å². The van der Waals surface area contributed by atoms with Gasteiger partial charge in [0, 0.05) is 24.7 Å². The van der Waals surface area contributed by atoms with Gasteiger partial charge in [-0.3, -0.25) is 14.5 Å². The smallest absolute Gasteiger partial charge is 0.262 e. The van der Waals surface area contributed by atoms with Crippen LogP contribution in [-0.2, 0) is 11.3 Å². The Morgan fingerprint density at radius 3 is 2.93 bits per heavy atom. The molecule has 2 amide bonds. The van der Waals surface area contributed by atoms with E-state index in [4.69, 9.17) is 4.74 Å². The summed E-state index contributed by atoms with van der Waals surface area (Å²) in [5.41, 5.74) is 2.44. The monoisotopic (exact) mass is 365 g/mol. The molecule has 0 aromatic heterocycles. The van der Waals surface area contributed by atoms with Crippen LogP contribution in [0.2, 0.25) is 0 Å². The number of fused-ring (bicyclic) bond motifs is 1. The molecule has 2 aromatic carbocycles. The van der Waals surface area contributed by atoms with Crippen LogP contribution in [0.4, 0.5) is 5.69 Å². The van der Waals surface area contributed by atoms with E-state index in [1.54, 1.807) is 18.2 Å². The minimum Gasteiger partial charge on any atom is -0.482 e. The third kappa shape index (κ3) is 4.28. The van der Waals surface area contributed by atoms with Gasteiger partial charge in [-0.15, -0.1) is 0 Å². The van der Waals surface area contributed by atoms with Crippen LogP contribution < -0.4 is 15.4 Å². The minimum atomic E-state index is -0.180. The van der Waals surface area contributed by atoms with E-state index in [9.17, 15) is 9.59 Å². The molecule has 2 aromatic rings. The summed E-state index contributed by atoms with van der Waals surface area (Å²) >= 11 is 0. The maximum atomic E-state index is 12.7. The topological polar surface area (TPSA) is 70.7 Å². The summed E-state index contributed by atoms with van der Waals surface area (Å²) in [6.45, 7) is 2.78. The molecule has 2 aliphatic rings. The van der Waals surface area contributed by atoms with E-state index in [1.165, 1.54) is 5.56 Å². The second kappa shape index (κ2) is 7.80. The Labute approximate surface area is 158 Å². The summed E-state index contributed by atoms with van der Waals surface area (Å²) in [5.74, 6) is 0.252. The van der Waals surface area contributed by atoms with Gasteiger partial charge >= 0.3 is 0 Å². The normalized spacial score (nSPS) is 19.6. The Morgan fingerprint density at radius 2 is 2.07 bits per heavy atom. The lowest BCUT2D eigenvalue weighted by molar-refractivity contribution is -0.118. The second-order valence-corrected chi connectivity index (χ2v) is 7.08. The van der Waals surface area contributed by atoms with Crippen molar-refractivity contribution in [3.05, 3.63) is 59.7 Å². The molecule has 1 fully saturated rings. The van der Waals surface area contributed by atoms with E-state index in [1.807, 2.05) is 6.07 Å². The molecule has 6 heteroatoms. The SMILES string of the molecule is O=C1COc2cc(C(=O)NC3CCCN(Cc4ccccc4)C3)ccc2N1. The van der Waals surface area contributed by atoms with E-state index in [-0.39, 0.29) is 24.5 Å². The zero-order valence-electron chi connectivity index (χ0n) is 15.1. The van der Waals surface area contributed by atoms with Gasteiger partial charge in [-0.1, -0.05) is 30.3 Å². The van der Waals surface area contributed by atoms with Crippen molar-refractivity contribution in [1.82, 2.24) is 10.2 Å². The van der Waals surface area contributed by atoms with Gasteiger partial charge in [-0.25, -0.2) is 0 Å². The van der Waals surface area contributed by atoms with Crippen molar-refractivity contribution < 1.29 is 14.3 Å². The number of ether oxygens (including phenoxy) is 1. The second-order valence-electron chi connectivity index (χ2n) is 7.08. The number of benzene rings is 2. The predicted octanol–water partition coefficient (Wildman–Crippen LogP) is 2.41. The lowest BCUT2D eigenvalue weighted by Crippen LogP contribution is -2.47. The molecule has 2 heterocycles. The number of rotatable bonds is 4. The molecule has 6 nitrogen and oxygen atoms in total. The molecule has 2 N–H and O–H groups in total. The lowest BCUT2D eigenvalue weighted by atomic mass is 10.0. The highest BCUT2D eigenvalue weighted by molar-refractivity contribution is 5.99. The van der Waals surface area contributed by atoms with Crippen LogP contribution in [0.25, 0.3) is 0 Å². The number of nitrogens with zero attached hydrogens (tertiary/aromatic N) is 1. The van der Waals surface area contributed by atoms with E-state index in [2.05, 4.69) is 39.8 Å². The molecular weight excluding hydrogens is 342 g/mol. The molecule has 2 aliphatic heterocycles. The van der Waals surface area contributed by atoms with Crippen molar-refractivity contribution in [2.45, 2.75) is 25.4 Å². The van der Waals surface area contributed by atoms with Gasteiger partial charge in [0.2, 0.25) is 0 Å². The molecule has 0 aliphatic carbocycles. The molecule has 1 saturated heterocycles. The van der Waals surface area contributed by atoms with Crippen LogP contribution >= 0.6 is 0 Å². The minimum absolute atomic E-state index is 0.0187. The third-order valence-corrected chi connectivity index (χ3v) is 4.97. The van der Waals surface area contributed by atoms with E-state index < -0.39 is 0 Å². The van der Waals surface area contributed by atoms with Gasteiger partial charge in [0.25, 0.3) is 11.8 Å². The summed E-state index contributed by atoms with van der Waals surface area (Å²) in [6, 6.07) is 15.6. The molecule has 1 atom stereocenters. The first-order valence-corrected chi connectivity index (χ1v) is 9.31. The number of hydrogen-bond donors (Lipinski definition) is 2. The summed E-state index contributed by atoms with van der Waals surface area (Å²) < 4.78 is 5.40. The Hall–Kier alpha value is -2.86. The van der Waals surface area contributed by atoms with E-state index >= 15 is 0 Å². The molecule has 140 valence electrons. The first kappa shape index (κ1) is 17.5. The number of amides is 2. The predicted molar refractivity (Wildman–Crippen MR) is 103 cm³/mol. The number of carbonyl (C=O) groups excluding carboxylic acids is 2. The fourth-order valence-corrected chi connectivity index (χ4v) is 3.64. The number of nitrogens with one attached hydrogen (secondary N) is 2. The highest BCUT2D eigenvalue weighted by Gasteiger charge is 2.23. The number of hydrogen-bond acceptors (Lipinski definition) is 4. The number of piperidine rings is 1. The van der Waals surface area contributed by atoms with Gasteiger partial charge in [0.15, 0.2) is 6.61 Å². The maximum Gasteiger partial charge on any atom is 0.262 e. The van der Waals surface area contributed by atoms with Crippen molar-refractivity contribution in [3.8, 4) is 5.75 Å². The number of likely N-dealkylation sites (tertiary alicyclic amines) is 1. The molecule has 1 unspecified atom stereocenters. The van der Waals surface area contributed by atoms with E-state index in [0.29, 0.717) is 17.0 Å². The Morgan fingerprint density at radius 1 is 1.22 bits per heavy atom. The van der Waals surface area contributed by atoms with Crippen LogP contribution in [0.1, 0.15) is 28.8 Å². The van der Waals surface area contributed by atoms with Crippen molar-refractivity contribution in [1.29, 1.82) is 0 Å². The van der Waals surface area contributed by atoms with Gasteiger partial charge in [-0.2, -0.15) is 0 Å². The van der Waals surface area contributed by atoms with Crippen LogP contribution in [0, 0.1) is 0 Å². The number of anilines is 1. The van der Waals surface area contributed by atoms with Crippen molar-refractivity contribution in [3.63, 3.8) is 0 Å². The fraction of sp³-hybridized carbons (Fsp3) is 0.333. The van der Waals surface area contributed by atoms with Crippen LogP contribution in [-0.4, -0.2) is 42.5 Å². The van der Waals surface area contributed by atoms with Gasteiger partial charge in [0.1, 0.15) is 5.75 Å². The lowest BCUT2D eigenvalue weighted by Gasteiger charge is -2.33. The first-order valence-electron chi connectivity index (χ1n) is 9.31. The fourth-order valence-electron chi connectivity index (χ4n) is 3.64. The molecule has 0 saturated carbocycles. The number of carbonyl (C=O) groups is 2. The Balaban J connectivity index is 1.37. The molecular formula is C21H23N3O3. The molecule has 0 bridgehead atoms. The van der Waals surface area contributed by atoms with Crippen molar-refractivity contribution >= 4 is 17.5 Å². The summed E-state index contributed by atoms with van der Waals surface area (Å²) in [4.78, 5) is 26.4. The molecule has 27 heavy (non-hydrogen) atoms. The largest absolute Gasteiger partial charge is 0.482 e. The van der Waals surface area contributed by atoms with Crippen molar-refractivity contribution in [2.75, 3.05) is 25.0 Å². The molecule has 0 radical (unpaired) electrons. The van der Waals surface area contributed by atoms with Gasteiger partial charge in [0.05, 0.1) is 5.69 Å². The third-order valence-electron chi connectivity index (χ3n) is 4.97. The highest BCUT2D eigenvalue weighted by atomic mass is 16.5.